The van der Waals surface area contributed by atoms with Crippen molar-refractivity contribution in [2.24, 2.45) is 0 Å². The van der Waals surface area contributed by atoms with Crippen molar-refractivity contribution in [2.75, 3.05) is 12.9 Å². The van der Waals surface area contributed by atoms with Crippen molar-refractivity contribution in [1.29, 1.82) is 0 Å². The molecule has 0 radical (unpaired) electrons. The number of rotatable bonds is 6. The van der Waals surface area contributed by atoms with E-state index in [1.165, 1.54) is 29.5 Å². The van der Waals surface area contributed by atoms with Gasteiger partial charge in [-0.15, -0.1) is 0 Å². The standard InChI is InChI=1S/C21H19N3O4S/c1-28-20(27)13-7-10-16-17(11-13)23-21(29-12-18(25)22-14-8-9-14)24(19(16)26)15-5-3-2-4-6-15/h2-7,10-11,14H,8-9,12H2,1H3,(H,22,25). The minimum absolute atomic E-state index is 0.0882. The predicted octanol–water partition coefficient (Wildman–Crippen LogP) is 2.54. The minimum atomic E-state index is -0.501. The summed E-state index contributed by atoms with van der Waals surface area (Å²) in [5.74, 6) is -0.438. The maximum absolute atomic E-state index is 13.2. The number of hydrogen-bond acceptors (Lipinski definition) is 6. The van der Waals surface area contributed by atoms with E-state index in [4.69, 9.17) is 4.74 Å². The van der Waals surface area contributed by atoms with Gasteiger partial charge in [0, 0.05) is 6.04 Å². The number of nitrogens with zero attached hydrogens (tertiary/aromatic N) is 2. The summed E-state index contributed by atoms with van der Waals surface area (Å²) < 4.78 is 6.25. The highest BCUT2D eigenvalue weighted by atomic mass is 32.2. The van der Waals surface area contributed by atoms with Crippen molar-refractivity contribution in [3.8, 4) is 5.69 Å². The highest BCUT2D eigenvalue weighted by Crippen LogP contribution is 2.23. The van der Waals surface area contributed by atoms with Gasteiger partial charge >= 0.3 is 5.97 Å². The molecule has 3 aromatic rings. The Morgan fingerprint density at radius 2 is 1.97 bits per heavy atom. The summed E-state index contributed by atoms with van der Waals surface area (Å²) >= 11 is 1.19. The number of methoxy groups -OCH3 is 1. The molecule has 148 valence electrons. The van der Waals surface area contributed by atoms with Crippen LogP contribution in [0, 0.1) is 0 Å². The maximum Gasteiger partial charge on any atom is 0.337 e. The van der Waals surface area contributed by atoms with Crippen LogP contribution in [0.2, 0.25) is 0 Å². The topological polar surface area (TPSA) is 90.3 Å². The van der Waals surface area contributed by atoms with Gasteiger partial charge in [0.15, 0.2) is 5.16 Å². The quantitative estimate of drug-likeness (QED) is 0.382. The van der Waals surface area contributed by atoms with Crippen LogP contribution in [-0.2, 0) is 9.53 Å². The minimum Gasteiger partial charge on any atom is -0.465 e. The molecule has 0 unspecified atom stereocenters. The number of ether oxygens (including phenoxy) is 1. The van der Waals surface area contributed by atoms with Crippen molar-refractivity contribution in [1.82, 2.24) is 14.9 Å². The van der Waals surface area contributed by atoms with Crippen molar-refractivity contribution in [3.63, 3.8) is 0 Å². The second-order valence-corrected chi connectivity index (χ2v) is 7.67. The van der Waals surface area contributed by atoms with E-state index in [0.717, 1.165) is 12.8 Å². The zero-order valence-corrected chi connectivity index (χ0v) is 16.6. The first-order chi connectivity index (χ1) is 14.1. The first kappa shape index (κ1) is 19.2. The van der Waals surface area contributed by atoms with Crippen LogP contribution in [0.25, 0.3) is 16.6 Å². The van der Waals surface area contributed by atoms with Crippen LogP contribution in [0.5, 0.6) is 0 Å². The number of esters is 1. The Kier molecular flexibility index (Phi) is 5.35. The van der Waals surface area contributed by atoms with E-state index >= 15 is 0 Å². The van der Waals surface area contributed by atoms with Gasteiger partial charge in [0.25, 0.3) is 5.56 Å². The molecule has 0 atom stereocenters. The second kappa shape index (κ2) is 8.08. The van der Waals surface area contributed by atoms with Gasteiger partial charge in [0.2, 0.25) is 5.91 Å². The molecular formula is C21H19N3O4S. The van der Waals surface area contributed by atoms with E-state index in [1.54, 1.807) is 12.1 Å². The zero-order chi connectivity index (χ0) is 20.4. The molecule has 1 heterocycles. The Morgan fingerprint density at radius 1 is 1.21 bits per heavy atom. The lowest BCUT2D eigenvalue weighted by molar-refractivity contribution is -0.118. The number of thioether (sulfide) groups is 1. The lowest BCUT2D eigenvalue weighted by Crippen LogP contribution is -2.28. The second-order valence-electron chi connectivity index (χ2n) is 6.72. The third-order valence-electron chi connectivity index (χ3n) is 4.55. The summed E-state index contributed by atoms with van der Waals surface area (Å²) in [5, 5.41) is 3.70. The summed E-state index contributed by atoms with van der Waals surface area (Å²) in [4.78, 5) is 41.8. The third kappa shape index (κ3) is 4.17. The van der Waals surface area contributed by atoms with Crippen LogP contribution in [0.3, 0.4) is 0 Å². The predicted molar refractivity (Wildman–Crippen MR) is 111 cm³/mol. The van der Waals surface area contributed by atoms with E-state index in [1.807, 2.05) is 30.3 Å². The molecular weight excluding hydrogens is 390 g/mol. The van der Waals surface area contributed by atoms with Gasteiger partial charge in [-0.3, -0.25) is 14.2 Å². The monoisotopic (exact) mass is 409 g/mol. The summed E-state index contributed by atoms with van der Waals surface area (Å²) in [6.07, 6.45) is 2.02. The fraction of sp³-hybridized carbons (Fsp3) is 0.238. The molecule has 0 aliphatic heterocycles. The molecule has 1 aromatic heterocycles. The molecule has 4 rings (SSSR count). The van der Waals surface area contributed by atoms with Gasteiger partial charge in [-0.2, -0.15) is 0 Å². The van der Waals surface area contributed by atoms with Crippen LogP contribution in [0.15, 0.2) is 58.5 Å². The van der Waals surface area contributed by atoms with Crippen LogP contribution >= 0.6 is 11.8 Å². The number of fused-ring (bicyclic) bond motifs is 1. The number of para-hydroxylation sites is 1. The number of hydrogen-bond donors (Lipinski definition) is 1. The first-order valence-corrected chi connectivity index (χ1v) is 10.2. The van der Waals surface area contributed by atoms with Crippen LogP contribution in [0.1, 0.15) is 23.2 Å². The van der Waals surface area contributed by atoms with E-state index < -0.39 is 5.97 Å². The SMILES string of the molecule is COC(=O)c1ccc2c(=O)n(-c3ccccc3)c(SCC(=O)NC3CC3)nc2c1. The molecule has 0 saturated heterocycles. The van der Waals surface area contributed by atoms with Gasteiger partial charge in [-0.25, -0.2) is 9.78 Å². The number of aromatic nitrogens is 2. The molecule has 1 amide bonds. The van der Waals surface area contributed by atoms with Gasteiger partial charge < -0.3 is 10.1 Å². The summed E-state index contributed by atoms with van der Waals surface area (Å²) in [6.45, 7) is 0. The molecule has 2 aromatic carbocycles. The van der Waals surface area contributed by atoms with Crippen LogP contribution in [0.4, 0.5) is 0 Å². The van der Waals surface area contributed by atoms with Gasteiger partial charge in [-0.1, -0.05) is 30.0 Å². The van der Waals surface area contributed by atoms with E-state index in [9.17, 15) is 14.4 Å². The van der Waals surface area contributed by atoms with Crippen LogP contribution in [-0.4, -0.2) is 40.3 Å². The molecule has 7 nitrogen and oxygen atoms in total. The number of amides is 1. The Morgan fingerprint density at radius 3 is 2.66 bits per heavy atom. The number of benzene rings is 2. The Hall–Kier alpha value is -3.13. The van der Waals surface area contributed by atoms with Gasteiger partial charge in [0.05, 0.1) is 35.0 Å². The fourth-order valence-electron chi connectivity index (χ4n) is 2.94. The number of carbonyl (C=O) groups excluding carboxylic acids is 2. The summed E-state index contributed by atoms with van der Waals surface area (Å²) in [7, 11) is 1.30. The average molecular weight is 409 g/mol. The van der Waals surface area contributed by atoms with Crippen molar-refractivity contribution in [3.05, 3.63) is 64.4 Å². The third-order valence-corrected chi connectivity index (χ3v) is 5.49. The smallest absolute Gasteiger partial charge is 0.337 e. The summed E-state index contributed by atoms with van der Waals surface area (Å²) in [6, 6.07) is 14.1. The number of nitrogens with one attached hydrogen (secondary N) is 1. The number of carbonyl (C=O) groups is 2. The normalized spacial score (nSPS) is 13.3. The average Bonchev–Trinajstić information content (AvgIpc) is 3.56. The molecule has 1 aliphatic rings. The maximum atomic E-state index is 13.2. The Bertz CT molecular complexity index is 1140. The highest BCUT2D eigenvalue weighted by molar-refractivity contribution is 7.99. The molecule has 0 bridgehead atoms. The zero-order valence-electron chi connectivity index (χ0n) is 15.8. The Balaban J connectivity index is 1.78. The van der Waals surface area contributed by atoms with E-state index in [2.05, 4.69) is 10.3 Å². The van der Waals surface area contributed by atoms with E-state index in [0.29, 0.717) is 27.3 Å². The fourth-order valence-corrected chi connectivity index (χ4v) is 3.76. The van der Waals surface area contributed by atoms with E-state index in [-0.39, 0.29) is 23.3 Å². The van der Waals surface area contributed by atoms with Crippen molar-refractivity contribution in [2.45, 2.75) is 24.0 Å². The van der Waals surface area contributed by atoms with Crippen LogP contribution < -0.4 is 10.9 Å². The summed E-state index contributed by atoms with van der Waals surface area (Å²) in [5.41, 5.74) is 1.10. The van der Waals surface area contributed by atoms with Gasteiger partial charge in [-0.05, 0) is 43.2 Å². The van der Waals surface area contributed by atoms with Crippen molar-refractivity contribution >= 4 is 34.5 Å². The molecule has 8 heteroatoms. The molecule has 1 saturated carbocycles. The largest absolute Gasteiger partial charge is 0.465 e. The molecule has 1 N–H and O–H groups in total. The molecule has 1 fully saturated rings. The Labute approximate surface area is 171 Å². The van der Waals surface area contributed by atoms with Gasteiger partial charge in [0.1, 0.15) is 0 Å². The highest BCUT2D eigenvalue weighted by Gasteiger charge is 2.23. The lowest BCUT2D eigenvalue weighted by atomic mass is 10.1. The van der Waals surface area contributed by atoms with Crippen molar-refractivity contribution < 1.29 is 14.3 Å². The lowest BCUT2D eigenvalue weighted by Gasteiger charge is -2.13. The molecule has 1 aliphatic carbocycles. The molecule has 29 heavy (non-hydrogen) atoms. The first-order valence-electron chi connectivity index (χ1n) is 9.19. The molecule has 0 spiro atoms.